The first-order valence-electron chi connectivity index (χ1n) is 2.68. The van der Waals surface area contributed by atoms with Crippen molar-refractivity contribution in [3.05, 3.63) is 0 Å². The topological polar surface area (TPSA) is 52.3 Å². The van der Waals surface area contributed by atoms with Gasteiger partial charge < -0.3 is 5.84 Å². The molecule has 0 amide bonds. The summed E-state index contributed by atoms with van der Waals surface area (Å²) in [5.74, 6) is 4.89. The average molecular weight is 132 g/mol. The third-order valence-corrected chi connectivity index (χ3v) is 0.827. The second-order valence-electron chi connectivity index (χ2n) is 1.49. The van der Waals surface area contributed by atoms with Gasteiger partial charge in [0.1, 0.15) is 12.8 Å². The maximum atomic E-state index is 11.6. The Morgan fingerprint density at radius 2 is 2.56 bits per heavy atom. The van der Waals surface area contributed by atoms with Crippen molar-refractivity contribution in [1.82, 2.24) is 0 Å². The molecule has 3 nitrogen and oxygen atoms in total. The number of nitrogens with two attached hydrogens (primary N) is 1. The summed E-state index contributed by atoms with van der Waals surface area (Å²) in [4.78, 5) is 2.70. The van der Waals surface area contributed by atoms with Crippen LogP contribution in [0.3, 0.4) is 0 Å². The van der Waals surface area contributed by atoms with Gasteiger partial charge >= 0.3 is 0 Å². The van der Waals surface area contributed by atoms with Crippen LogP contribution in [0.15, 0.2) is 5.10 Å². The normalized spacial score (nSPS) is 12.9. The number of alkyl halides is 1. The van der Waals surface area contributed by atoms with E-state index in [2.05, 4.69) is 10.1 Å². The molecule has 0 bridgehead atoms. The highest BCUT2D eigenvalue weighted by Crippen LogP contribution is 1.80. The van der Waals surface area contributed by atoms with E-state index in [9.17, 15) is 4.39 Å². The standard InChI is InChI=1S/C5H10FN3/c1-8-4-5(9-7)2-3-6/h4H,2-3,7H2,1H3/p+1. The van der Waals surface area contributed by atoms with E-state index in [4.69, 9.17) is 5.84 Å². The van der Waals surface area contributed by atoms with Crippen LogP contribution in [0.2, 0.25) is 0 Å². The zero-order valence-corrected chi connectivity index (χ0v) is 5.39. The van der Waals surface area contributed by atoms with Crippen molar-refractivity contribution in [3.63, 3.8) is 0 Å². The molecule has 52 valence electrons. The molecule has 0 unspecified atom stereocenters. The molecule has 0 rings (SSSR count). The number of nitrogens with one attached hydrogen (secondary N) is 1. The second-order valence-corrected chi connectivity index (χ2v) is 1.49. The molecule has 0 aliphatic carbocycles. The second kappa shape index (κ2) is 5.21. The van der Waals surface area contributed by atoms with Crippen molar-refractivity contribution in [2.75, 3.05) is 13.7 Å². The summed E-state index contributed by atoms with van der Waals surface area (Å²) in [7, 11) is 1.71. The van der Waals surface area contributed by atoms with Gasteiger partial charge in [-0.25, -0.2) is 4.99 Å². The van der Waals surface area contributed by atoms with Crippen LogP contribution in [0, 0.1) is 0 Å². The van der Waals surface area contributed by atoms with Crippen molar-refractivity contribution in [2.24, 2.45) is 10.9 Å². The van der Waals surface area contributed by atoms with Gasteiger partial charge in [-0.15, -0.1) is 0 Å². The first-order chi connectivity index (χ1) is 4.35. The Kier molecular flexibility index (Phi) is 4.67. The minimum absolute atomic E-state index is 0.275. The summed E-state index contributed by atoms with van der Waals surface area (Å²) in [6.45, 7) is -0.422. The van der Waals surface area contributed by atoms with Gasteiger partial charge in [0, 0.05) is 6.42 Å². The molecule has 0 aliphatic heterocycles. The van der Waals surface area contributed by atoms with Crippen molar-refractivity contribution < 1.29 is 9.38 Å². The molecular formula is C5H11FN3+. The van der Waals surface area contributed by atoms with Gasteiger partial charge in [0.25, 0.3) is 0 Å². The van der Waals surface area contributed by atoms with Crippen molar-refractivity contribution in [1.29, 1.82) is 0 Å². The highest BCUT2D eigenvalue weighted by Gasteiger charge is 1.95. The van der Waals surface area contributed by atoms with Gasteiger partial charge in [-0.2, -0.15) is 5.10 Å². The summed E-state index contributed by atoms with van der Waals surface area (Å²) >= 11 is 0. The van der Waals surface area contributed by atoms with Crippen molar-refractivity contribution >= 4 is 11.9 Å². The lowest BCUT2D eigenvalue weighted by atomic mass is 10.3. The average Bonchev–Trinajstić information content (AvgIpc) is 1.88. The summed E-state index contributed by atoms with van der Waals surface area (Å²) < 4.78 is 11.6. The van der Waals surface area contributed by atoms with Crippen LogP contribution < -0.4 is 10.8 Å². The Bertz CT molecular complexity index is 119. The number of hydrogen-bond acceptors (Lipinski definition) is 2. The van der Waals surface area contributed by atoms with E-state index >= 15 is 0 Å². The summed E-state index contributed by atoms with van der Waals surface area (Å²) in [6, 6.07) is 0. The fourth-order valence-electron chi connectivity index (χ4n) is 0.437. The number of rotatable bonds is 3. The predicted octanol–water partition coefficient (Wildman–Crippen LogP) is -1.56. The molecule has 3 N–H and O–H groups in total. The monoisotopic (exact) mass is 132 g/mol. The SMILES string of the molecule is C[NH+]=CC(CCF)=NN. The lowest BCUT2D eigenvalue weighted by molar-refractivity contribution is -0.412. The van der Waals surface area contributed by atoms with E-state index in [1.165, 1.54) is 0 Å². The molecule has 0 saturated carbocycles. The molecule has 0 saturated heterocycles. The van der Waals surface area contributed by atoms with E-state index in [1.54, 1.807) is 13.3 Å². The summed E-state index contributed by atoms with van der Waals surface area (Å²) in [5.41, 5.74) is 0.542. The zero-order chi connectivity index (χ0) is 7.11. The van der Waals surface area contributed by atoms with Crippen LogP contribution >= 0.6 is 0 Å². The minimum Gasteiger partial charge on any atom is -0.323 e. The molecule has 0 aliphatic rings. The highest BCUT2D eigenvalue weighted by molar-refractivity contribution is 6.28. The van der Waals surface area contributed by atoms with Crippen LogP contribution in [0.25, 0.3) is 0 Å². The van der Waals surface area contributed by atoms with Gasteiger partial charge in [-0.1, -0.05) is 0 Å². The maximum absolute atomic E-state index is 11.6. The van der Waals surface area contributed by atoms with Crippen LogP contribution in [-0.4, -0.2) is 25.6 Å². The zero-order valence-electron chi connectivity index (χ0n) is 5.39. The van der Waals surface area contributed by atoms with E-state index in [0.29, 0.717) is 5.71 Å². The van der Waals surface area contributed by atoms with E-state index in [0.717, 1.165) is 0 Å². The Morgan fingerprint density at radius 3 is 2.89 bits per heavy atom. The predicted molar refractivity (Wildman–Crippen MR) is 35.2 cm³/mol. The van der Waals surface area contributed by atoms with Crippen LogP contribution in [-0.2, 0) is 0 Å². The number of hydrogen-bond donors (Lipinski definition) is 2. The maximum Gasteiger partial charge on any atom is 0.185 e. The van der Waals surface area contributed by atoms with Crippen LogP contribution in [0.5, 0.6) is 0 Å². The molecule has 0 spiro atoms. The van der Waals surface area contributed by atoms with Gasteiger partial charge in [-0.3, -0.25) is 4.39 Å². The smallest absolute Gasteiger partial charge is 0.185 e. The van der Waals surface area contributed by atoms with Crippen LogP contribution in [0.4, 0.5) is 4.39 Å². The Morgan fingerprint density at radius 1 is 1.89 bits per heavy atom. The fourth-order valence-corrected chi connectivity index (χ4v) is 0.437. The van der Waals surface area contributed by atoms with Crippen molar-refractivity contribution in [2.45, 2.75) is 6.42 Å². The Hall–Kier alpha value is -0.930. The molecule has 9 heavy (non-hydrogen) atoms. The number of nitrogens with zero attached hydrogens (tertiary/aromatic N) is 1. The van der Waals surface area contributed by atoms with Crippen LogP contribution in [0.1, 0.15) is 6.42 Å². The number of halogens is 1. The fraction of sp³-hybridized carbons (Fsp3) is 0.600. The first kappa shape index (κ1) is 8.07. The quantitative estimate of drug-likeness (QED) is 0.272. The largest absolute Gasteiger partial charge is 0.323 e. The highest BCUT2D eigenvalue weighted by atomic mass is 19.1. The van der Waals surface area contributed by atoms with Gasteiger partial charge in [-0.05, 0) is 0 Å². The summed E-state index contributed by atoms with van der Waals surface area (Å²) in [5, 5.41) is 3.33. The van der Waals surface area contributed by atoms with Crippen molar-refractivity contribution in [3.8, 4) is 0 Å². The Labute approximate surface area is 53.5 Å². The third kappa shape index (κ3) is 3.64. The first-order valence-corrected chi connectivity index (χ1v) is 2.68. The molecule has 4 heteroatoms. The summed E-state index contributed by atoms with van der Waals surface area (Å²) in [6.07, 6.45) is 1.84. The molecule has 0 radical (unpaired) electrons. The molecule has 0 fully saturated rings. The number of hydrazone groups is 1. The van der Waals surface area contributed by atoms with E-state index < -0.39 is 6.67 Å². The van der Waals surface area contributed by atoms with Gasteiger partial charge in [0.2, 0.25) is 0 Å². The lowest BCUT2D eigenvalue weighted by Gasteiger charge is -1.86. The third-order valence-electron chi connectivity index (χ3n) is 0.827. The minimum atomic E-state index is -0.422. The van der Waals surface area contributed by atoms with E-state index in [1.807, 2.05) is 0 Å². The van der Waals surface area contributed by atoms with Gasteiger partial charge in [0.05, 0.1) is 6.67 Å². The Balaban J connectivity index is 3.70. The molecule has 0 aromatic rings. The molecular weight excluding hydrogens is 121 g/mol. The molecule has 0 heterocycles. The van der Waals surface area contributed by atoms with Gasteiger partial charge in [0.15, 0.2) is 6.21 Å². The molecule has 0 atom stereocenters. The molecule has 0 aromatic carbocycles. The molecule has 0 aromatic heterocycles. The lowest BCUT2D eigenvalue weighted by Crippen LogP contribution is -2.64. The van der Waals surface area contributed by atoms with E-state index in [-0.39, 0.29) is 6.42 Å².